The van der Waals surface area contributed by atoms with Crippen molar-refractivity contribution in [3.63, 3.8) is 0 Å². The van der Waals surface area contributed by atoms with Crippen molar-refractivity contribution in [3.05, 3.63) is 53.7 Å². The van der Waals surface area contributed by atoms with Gasteiger partial charge in [-0.3, -0.25) is 4.79 Å². The highest BCUT2D eigenvalue weighted by Gasteiger charge is 2.44. The molecule has 0 fully saturated rings. The van der Waals surface area contributed by atoms with Gasteiger partial charge in [0.25, 0.3) is 5.91 Å². The van der Waals surface area contributed by atoms with Crippen LogP contribution >= 0.6 is 0 Å². The minimum absolute atomic E-state index is 0.217. The molecule has 8 heteroatoms. The number of anilines is 1. The van der Waals surface area contributed by atoms with Crippen LogP contribution < -0.4 is 10.1 Å². The van der Waals surface area contributed by atoms with Crippen LogP contribution in [0.4, 0.5) is 23.4 Å². The van der Waals surface area contributed by atoms with E-state index < -0.39 is 24.2 Å². The lowest BCUT2D eigenvalue weighted by Gasteiger charge is -2.18. The lowest BCUT2D eigenvalue weighted by Crippen LogP contribution is -2.34. The molecule has 0 aliphatic heterocycles. The van der Waals surface area contributed by atoms with Crippen molar-refractivity contribution in [3.8, 4) is 5.75 Å². The third kappa shape index (κ3) is 4.21. The minimum atomic E-state index is -4.70. The van der Waals surface area contributed by atoms with Crippen molar-refractivity contribution in [1.82, 2.24) is 4.98 Å². The number of rotatable bonds is 6. The van der Waals surface area contributed by atoms with Gasteiger partial charge in [0.2, 0.25) is 0 Å². The van der Waals surface area contributed by atoms with Crippen molar-refractivity contribution in [2.24, 2.45) is 0 Å². The zero-order chi connectivity index (χ0) is 17.7. The lowest BCUT2D eigenvalue weighted by atomic mass is 10.1. The molecule has 0 unspecified atom stereocenters. The predicted octanol–water partition coefficient (Wildman–Crippen LogP) is 4.13. The summed E-state index contributed by atoms with van der Waals surface area (Å²) in [5.74, 6) is -1.22. The number of hydrogen-bond acceptors (Lipinski definition) is 3. The number of carbonyl (C=O) groups is 1. The first-order valence-corrected chi connectivity index (χ1v) is 7.03. The van der Waals surface area contributed by atoms with Gasteiger partial charge in [0, 0.05) is 6.20 Å². The van der Waals surface area contributed by atoms with E-state index in [2.05, 4.69) is 15.0 Å². The number of para-hydroxylation sites is 1. The molecule has 0 radical (unpaired) electrons. The number of nitrogens with zero attached hydrogens (tertiary/aromatic N) is 1. The van der Waals surface area contributed by atoms with Gasteiger partial charge in [0.15, 0.2) is 0 Å². The Balaban J connectivity index is 2.23. The van der Waals surface area contributed by atoms with E-state index in [1.807, 2.05) is 6.92 Å². The van der Waals surface area contributed by atoms with Crippen LogP contribution in [0.15, 0.2) is 42.6 Å². The molecule has 1 aromatic carbocycles. The van der Waals surface area contributed by atoms with Crippen LogP contribution in [0.2, 0.25) is 0 Å². The van der Waals surface area contributed by atoms with Gasteiger partial charge in [0.05, 0.1) is 5.56 Å². The predicted molar refractivity (Wildman–Crippen MR) is 79.6 cm³/mol. The Morgan fingerprint density at radius 2 is 2.00 bits per heavy atom. The summed E-state index contributed by atoms with van der Waals surface area (Å²) in [4.78, 5) is 16.2. The molecule has 1 aromatic heterocycles. The Morgan fingerprint density at radius 1 is 1.29 bits per heavy atom. The van der Waals surface area contributed by atoms with Gasteiger partial charge in [-0.2, -0.15) is 17.6 Å². The number of hydrogen-bond donors (Lipinski definition) is 1. The van der Waals surface area contributed by atoms with Gasteiger partial charge >= 0.3 is 12.5 Å². The molecule has 24 heavy (non-hydrogen) atoms. The number of aryl methyl sites for hydroxylation is 1. The molecule has 0 aliphatic carbocycles. The van der Waals surface area contributed by atoms with Crippen LogP contribution in [0.25, 0.3) is 0 Å². The molecule has 128 valence electrons. The van der Waals surface area contributed by atoms with Gasteiger partial charge in [-0.15, -0.1) is 0 Å². The number of carbonyl (C=O) groups excluding carboxylic acids is 1. The van der Waals surface area contributed by atoms with Gasteiger partial charge in [0.1, 0.15) is 11.6 Å². The molecular weight excluding hydrogens is 328 g/mol. The first-order valence-electron chi connectivity index (χ1n) is 7.03. The molecule has 1 N–H and O–H groups in total. The Labute approximate surface area is 135 Å². The van der Waals surface area contributed by atoms with Crippen LogP contribution in [0.1, 0.15) is 22.8 Å². The topological polar surface area (TPSA) is 51.2 Å². The molecule has 0 bridgehead atoms. The molecule has 4 nitrogen and oxygen atoms in total. The van der Waals surface area contributed by atoms with Crippen LogP contribution in [0.3, 0.4) is 0 Å². The minimum Gasteiger partial charge on any atom is -0.427 e. The fourth-order valence-corrected chi connectivity index (χ4v) is 1.88. The standard InChI is InChI=1S/C16H14F4N2O2/c1-2-10-7-8-21-13(9-10)22-14(23)11-5-3-4-6-12(11)24-16(19,20)15(17)18/h3-9,15H,2H2,1H3,(H,21,22,23). The Morgan fingerprint density at radius 3 is 2.67 bits per heavy atom. The average molecular weight is 342 g/mol. The van der Waals surface area contributed by atoms with E-state index in [-0.39, 0.29) is 11.4 Å². The van der Waals surface area contributed by atoms with Crippen LogP contribution in [-0.4, -0.2) is 23.4 Å². The van der Waals surface area contributed by atoms with E-state index in [1.165, 1.54) is 24.4 Å². The lowest BCUT2D eigenvalue weighted by molar-refractivity contribution is -0.253. The quantitative estimate of drug-likeness (QED) is 0.803. The van der Waals surface area contributed by atoms with Gasteiger partial charge in [-0.05, 0) is 36.2 Å². The second-order valence-corrected chi connectivity index (χ2v) is 4.82. The normalized spacial score (nSPS) is 11.4. The van der Waals surface area contributed by atoms with E-state index >= 15 is 0 Å². The van der Waals surface area contributed by atoms with Crippen LogP contribution in [-0.2, 0) is 6.42 Å². The summed E-state index contributed by atoms with van der Waals surface area (Å²) in [7, 11) is 0. The zero-order valence-electron chi connectivity index (χ0n) is 12.6. The molecule has 0 atom stereocenters. The number of alkyl halides is 4. The Bertz CT molecular complexity index is 723. The van der Waals surface area contributed by atoms with E-state index in [1.54, 1.807) is 12.1 Å². The maximum Gasteiger partial charge on any atom is 0.461 e. The van der Waals surface area contributed by atoms with Crippen molar-refractivity contribution in [2.75, 3.05) is 5.32 Å². The molecule has 1 amide bonds. The number of aromatic nitrogens is 1. The van der Waals surface area contributed by atoms with Gasteiger partial charge < -0.3 is 10.1 Å². The van der Waals surface area contributed by atoms with Crippen molar-refractivity contribution in [1.29, 1.82) is 0 Å². The number of halogens is 4. The molecular formula is C16H14F4N2O2. The summed E-state index contributed by atoms with van der Waals surface area (Å²) >= 11 is 0. The maximum atomic E-state index is 13.1. The molecule has 2 rings (SSSR count). The number of ether oxygens (including phenoxy) is 1. The fourth-order valence-electron chi connectivity index (χ4n) is 1.88. The number of pyridine rings is 1. The zero-order valence-corrected chi connectivity index (χ0v) is 12.6. The number of benzene rings is 1. The van der Waals surface area contributed by atoms with Crippen molar-refractivity contribution < 1.29 is 27.1 Å². The monoisotopic (exact) mass is 342 g/mol. The highest BCUT2D eigenvalue weighted by Crippen LogP contribution is 2.30. The summed E-state index contributed by atoms with van der Waals surface area (Å²) in [5.41, 5.74) is 0.607. The summed E-state index contributed by atoms with van der Waals surface area (Å²) in [5, 5.41) is 2.43. The second kappa shape index (κ2) is 7.29. The third-order valence-electron chi connectivity index (χ3n) is 3.11. The van der Waals surface area contributed by atoms with Gasteiger partial charge in [-0.1, -0.05) is 19.1 Å². The van der Waals surface area contributed by atoms with Crippen molar-refractivity contribution >= 4 is 11.7 Å². The first kappa shape index (κ1) is 17.7. The Kier molecular flexibility index (Phi) is 5.38. The van der Waals surface area contributed by atoms with Crippen LogP contribution in [0.5, 0.6) is 5.75 Å². The van der Waals surface area contributed by atoms with E-state index in [4.69, 9.17) is 0 Å². The average Bonchev–Trinajstić information content (AvgIpc) is 2.55. The Hall–Kier alpha value is -2.64. The molecule has 1 heterocycles. The molecule has 0 saturated heterocycles. The summed E-state index contributed by atoms with van der Waals surface area (Å²) < 4.78 is 54.8. The van der Waals surface area contributed by atoms with E-state index in [0.29, 0.717) is 6.42 Å². The molecule has 0 saturated carbocycles. The van der Waals surface area contributed by atoms with Crippen LogP contribution in [0, 0.1) is 0 Å². The third-order valence-corrected chi connectivity index (χ3v) is 3.11. The molecule has 0 aliphatic rings. The summed E-state index contributed by atoms with van der Waals surface area (Å²) in [6.45, 7) is 1.91. The van der Waals surface area contributed by atoms with Crippen molar-refractivity contribution in [2.45, 2.75) is 25.9 Å². The molecule has 2 aromatic rings. The second-order valence-electron chi connectivity index (χ2n) is 4.82. The summed E-state index contributed by atoms with van der Waals surface area (Å²) in [6, 6.07) is 8.28. The maximum absolute atomic E-state index is 13.1. The smallest absolute Gasteiger partial charge is 0.427 e. The highest BCUT2D eigenvalue weighted by atomic mass is 19.3. The SMILES string of the molecule is CCc1ccnc(NC(=O)c2ccccc2OC(F)(F)C(F)F)c1. The number of amides is 1. The number of nitrogens with one attached hydrogen (secondary N) is 1. The van der Waals surface area contributed by atoms with E-state index in [0.717, 1.165) is 11.6 Å². The summed E-state index contributed by atoms with van der Waals surface area (Å²) in [6.07, 6.45) is -6.51. The fraction of sp³-hybridized carbons (Fsp3) is 0.250. The molecule has 0 spiro atoms. The van der Waals surface area contributed by atoms with E-state index in [9.17, 15) is 22.4 Å². The highest BCUT2D eigenvalue weighted by molar-refractivity contribution is 6.05. The largest absolute Gasteiger partial charge is 0.461 e. The van der Waals surface area contributed by atoms with Gasteiger partial charge in [-0.25, -0.2) is 4.98 Å². The first-order chi connectivity index (χ1) is 11.3.